The average molecular weight is 345 g/mol. The molecule has 0 radical (unpaired) electrons. The van der Waals surface area contributed by atoms with Gasteiger partial charge < -0.3 is 10.2 Å². The predicted molar refractivity (Wildman–Crippen MR) is 91.7 cm³/mol. The fourth-order valence-corrected chi connectivity index (χ4v) is 2.30. The van der Waals surface area contributed by atoms with Gasteiger partial charge in [0, 0.05) is 37.8 Å². The molecule has 1 aromatic heterocycles. The van der Waals surface area contributed by atoms with E-state index in [0.717, 1.165) is 0 Å². The molecule has 0 spiro atoms. The van der Waals surface area contributed by atoms with Crippen LogP contribution < -0.4 is 5.32 Å². The third-order valence-electron chi connectivity index (χ3n) is 3.66. The lowest BCUT2D eigenvalue weighted by atomic mass is 10.1. The highest BCUT2D eigenvalue weighted by atomic mass is 16.6. The number of hydrogen-bond acceptors (Lipinski definition) is 5. The molecule has 2 rings (SSSR count). The maximum Gasteiger partial charge on any atom is 0.273 e. The second kappa shape index (κ2) is 7.12. The minimum atomic E-state index is -0.549. The maximum absolute atomic E-state index is 12.4. The summed E-state index contributed by atoms with van der Waals surface area (Å²) in [5.41, 5.74) is 0.964. The van der Waals surface area contributed by atoms with Crippen molar-refractivity contribution in [1.82, 2.24) is 14.7 Å². The van der Waals surface area contributed by atoms with Crippen molar-refractivity contribution >= 4 is 23.2 Å². The molecule has 0 saturated heterocycles. The molecule has 9 nitrogen and oxygen atoms in total. The number of carbonyl (C=O) groups is 2. The van der Waals surface area contributed by atoms with E-state index in [9.17, 15) is 19.7 Å². The highest BCUT2D eigenvalue weighted by molar-refractivity contribution is 6.08. The molecule has 0 saturated carbocycles. The van der Waals surface area contributed by atoms with E-state index >= 15 is 0 Å². The van der Waals surface area contributed by atoms with Crippen LogP contribution in [0.4, 0.5) is 11.4 Å². The number of aryl methyl sites for hydroxylation is 2. The first kappa shape index (κ1) is 18.1. The Kier molecular flexibility index (Phi) is 5.16. The summed E-state index contributed by atoms with van der Waals surface area (Å²) in [7, 11) is 3.20. The number of amides is 2. The molecule has 0 fully saturated rings. The van der Waals surface area contributed by atoms with Gasteiger partial charge in [-0.15, -0.1) is 0 Å². The number of nitrogens with one attached hydrogen (secondary N) is 1. The van der Waals surface area contributed by atoms with Gasteiger partial charge in [0.15, 0.2) is 0 Å². The van der Waals surface area contributed by atoms with E-state index in [-0.39, 0.29) is 28.5 Å². The zero-order chi connectivity index (χ0) is 18.7. The molecule has 1 heterocycles. The normalized spacial score (nSPS) is 10.4. The van der Waals surface area contributed by atoms with Crippen molar-refractivity contribution in [2.24, 2.45) is 0 Å². The molecule has 0 aliphatic rings. The van der Waals surface area contributed by atoms with Crippen molar-refractivity contribution in [3.63, 3.8) is 0 Å². The van der Waals surface area contributed by atoms with Crippen molar-refractivity contribution in [3.8, 4) is 0 Å². The van der Waals surface area contributed by atoms with Crippen molar-refractivity contribution in [1.29, 1.82) is 0 Å². The quantitative estimate of drug-likeness (QED) is 0.659. The molecule has 1 aromatic carbocycles. The van der Waals surface area contributed by atoms with Crippen LogP contribution in [0.2, 0.25) is 0 Å². The summed E-state index contributed by atoms with van der Waals surface area (Å²) in [5.74, 6) is -0.851. The Bertz CT molecular complexity index is 841. The molecule has 9 heteroatoms. The summed E-state index contributed by atoms with van der Waals surface area (Å²) in [6.45, 7) is 3.88. The van der Waals surface area contributed by atoms with E-state index in [1.165, 1.54) is 34.0 Å². The number of nitrogens with zero attached hydrogens (tertiary/aromatic N) is 4. The smallest absolute Gasteiger partial charge is 0.273 e. The van der Waals surface area contributed by atoms with Crippen LogP contribution in [0.25, 0.3) is 0 Å². The summed E-state index contributed by atoms with van der Waals surface area (Å²) in [6.07, 6.45) is 1.39. The van der Waals surface area contributed by atoms with Crippen molar-refractivity contribution in [2.75, 3.05) is 19.4 Å². The Morgan fingerprint density at radius 2 is 2.04 bits per heavy atom. The lowest BCUT2D eigenvalue weighted by molar-refractivity contribution is -0.385. The first-order valence-corrected chi connectivity index (χ1v) is 7.60. The van der Waals surface area contributed by atoms with Gasteiger partial charge >= 0.3 is 0 Å². The van der Waals surface area contributed by atoms with Crippen LogP contribution in [0.15, 0.2) is 24.4 Å². The Hall–Kier alpha value is -3.23. The van der Waals surface area contributed by atoms with Crippen molar-refractivity contribution in [2.45, 2.75) is 20.4 Å². The molecular formula is C16H19N5O4. The van der Waals surface area contributed by atoms with E-state index in [0.29, 0.717) is 12.1 Å². The Morgan fingerprint density at radius 3 is 2.60 bits per heavy atom. The summed E-state index contributed by atoms with van der Waals surface area (Å²) in [4.78, 5) is 36.7. The summed E-state index contributed by atoms with van der Waals surface area (Å²) >= 11 is 0. The Morgan fingerprint density at radius 1 is 1.36 bits per heavy atom. The van der Waals surface area contributed by atoms with Crippen molar-refractivity contribution < 1.29 is 14.5 Å². The fraction of sp³-hybridized carbons (Fsp3) is 0.312. The molecule has 0 unspecified atom stereocenters. The van der Waals surface area contributed by atoms with Gasteiger partial charge in [0.1, 0.15) is 5.69 Å². The van der Waals surface area contributed by atoms with E-state index in [2.05, 4.69) is 10.4 Å². The molecule has 0 aliphatic carbocycles. The molecule has 2 amide bonds. The zero-order valence-corrected chi connectivity index (χ0v) is 14.4. The lowest BCUT2D eigenvalue weighted by Crippen LogP contribution is -2.26. The van der Waals surface area contributed by atoms with Gasteiger partial charge in [0.05, 0.1) is 16.8 Å². The topological polar surface area (TPSA) is 110 Å². The van der Waals surface area contributed by atoms with Gasteiger partial charge in [0.2, 0.25) is 0 Å². The molecular weight excluding hydrogens is 326 g/mol. The highest BCUT2D eigenvalue weighted by Crippen LogP contribution is 2.22. The second-order valence-electron chi connectivity index (χ2n) is 5.63. The summed E-state index contributed by atoms with van der Waals surface area (Å²) in [5, 5.41) is 17.7. The average Bonchev–Trinajstić information content (AvgIpc) is 2.96. The highest BCUT2D eigenvalue weighted by Gasteiger charge is 2.22. The minimum Gasteiger partial charge on any atom is -0.343 e. The van der Waals surface area contributed by atoms with Crippen LogP contribution >= 0.6 is 0 Å². The molecule has 2 aromatic rings. The van der Waals surface area contributed by atoms with E-state index in [1.54, 1.807) is 21.0 Å². The molecule has 0 atom stereocenters. The van der Waals surface area contributed by atoms with Crippen molar-refractivity contribution in [3.05, 3.63) is 51.3 Å². The Balaban J connectivity index is 2.36. The number of anilines is 1. The number of carbonyl (C=O) groups excluding carboxylic acids is 2. The number of nitro groups is 1. The SMILES string of the molecule is CCn1ncc(NC(=O)c2ccc(C)c([N+](=O)[O-])c2)c1C(=O)N(C)C. The zero-order valence-electron chi connectivity index (χ0n) is 14.4. The fourth-order valence-electron chi connectivity index (χ4n) is 2.30. The van der Waals surface area contributed by atoms with E-state index < -0.39 is 10.8 Å². The maximum atomic E-state index is 12.4. The molecule has 25 heavy (non-hydrogen) atoms. The summed E-state index contributed by atoms with van der Waals surface area (Å²) in [6, 6.07) is 4.21. The number of nitro benzene ring substituents is 1. The molecule has 132 valence electrons. The molecule has 1 N–H and O–H groups in total. The third-order valence-corrected chi connectivity index (χ3v) is 3.66. The minimum absolute atomic E-state index is 0.129. The van der Waals surface area contributed by atoms with Crippen LogP contribution in [0.5, 0.6) is 0 Å². The number of rotatable bonds is 5. The largest absolute Gasteiger partial charge is 0.343 e. The monoisotopic (exact) mass is 345 g/mol. The number of benzene rings is 1. The van der Waals surface area contributed by atoms with Gasteiger partial charge in [0.25, 0.3) is 17.5 Å². The third kappa shape index (κ3) is 3.65. The standard InChI is InChI=1S/C16H19N5O4/c1-5-20-14(16(23)19(3)4)12(9-17-20)18-15(22)11-7-6-10(2)13(8-11)21(24)25/h6-9H,5H2,1-4H3,(H,18,22). The van der Waals surface area contributed by atoms with Gasteiger partial charge in [-0.3, -0.25) is 24.4 Å². The van der Waals surface area contributed by atoms with Crippen LogP contribution in [-0.4, -0.2) is 45.5 Å². The molecule has 0 aliphatic heterocycles. The van der Waals surface area contributed by atoms with Gasteiger partial charge in [-0.25, -0.2) is 0 Å². The molecule has 0 bridgehead atoms. The van der Waals surface area contributed by atoms with Gasteiger partial charge in [-0.2, -0.15) is 5.10 Å². The van der Waals surface area contributed by atoms with Crippen LogP contribution in [0.3, 0.4) is 0 Å². The Labute approximate surface area is 144 Å². The number of hydrogen-bond donors (Lipinski definition) is 1. The first-order chi connectivity index (χ1) is 11.8. The lowest BCUT2D eigenvalue weighted by Gasteiger charge is -2.13. The second-order valence-corrected chi connectivity index (χ2v) is 5.63. The van der Waals surface area contributed by atoms with Gasteiger partial charge in [-0.05, 0) is 19.9 Å². The van der Waals surface area contributed by atoms with Crippen LogP contribution in [-0.2, 0) is 6.54 Å². The first-order valence-electron chi connectivity index (χ1n) is 7.60. The summed E-state index contributed by atoms with van der Waals surface area (Å²) < 4.78 is 1.48. The predicted octanol–water partition coefficient (Wildman–Crippen LogP) is 2.07. The van der Waals surface area contributed by atoms with Crippen LogP contribution in [0, 0.1) is 17.0 Å². The van der Waals surface area contributed by atoms with E-state index in [1.807, 2.05) is 6.92 Å². The van der Waals surface area contributed by atoms with Gasteiger partial charge in [-0.1, -0.05) is 6.07 Å². The number of aromatic nitrogens is 2. The van der Waals surface area contributed by atoms with Crippen LogP contribution in [0.1, 0.15) is 33.3 Å². The van der Waals surface area contributed by atoms with E-state index in [4.69, 9.17) is 0 Å².